The van der Waals surface area contributed by atoms with E-state index in [1.807, 2.05) is 13.8 Å². The molecule has 94 valence electrons. The molecule has 0 aliphatic heterocycles. The second-order valence-electron chi connectivity index (χ2n) is 3.79. The largest absolute Gasteiger partial charge is 0.324 e. The molecule has 0 aromatic heterocycles. The number of halogens is 1. The number of urea groups is 1. The molecule has 0 aliphatic rings. The molecule has 0 heterocycles. The SMILES string of the molecule is CCCCN(C(=O)NC(=O)CCl)C(C)CC. The van der Waals surface area contributed by atoms with E-state index in [-0.39, 0.29) is 18.0 Å². The van der Waals surface area contributed by atoms with Crippen LogP contribution in [0.2, 0.25) is 0 Å². The van der Waals surface area contributed by atoms with Gasteiger partial charge < -0.3 is 4.90 Å². The average Bonchev–Trinajstić information content (AvgIpc) is 2.28. The molecule has 5 heteroatoms. The summed E-state index contributed by atoms with van der Waals surface area (Å²) in [5.41, 5.74) is 0. The Morgan fingerprint density at radius 3 is 2.44 bits per heavy atom. The van der Waals surface area contributed by atoms with Gasteiger partial charge in [-0.15, -0.1) is 11.6 Å². The lowest BCUT2D eigenvalue weighted by Gasteiger charge is -2.28. The van der Waals surface area contributed by atoms with E-state index < -0.39 is 5.91 Å². The second-order valence-corrected chi connectivity index (χ2v) is 4.06. The summed E-state index contributed by atoms with van der Waals surface area (Å²) in [6.07, 6.45) is 2.82. The molecule has 0 saturated heterocycles. The minimum atomic E-state index is -0.448. The van der Waals surface area contributed by atoms with Crippen molar-refractivity contribution in [2.24, 2.45) is 0 Å². The van der Waals surface area contributed by atoms with Gasteiger partial charge in [0.15, 0.2) is 0 Å². The minimum absolute atomic E-state index is 0.134. The summed E-state index contributed by atoms with van der Waals surface area (Å²) in [5, 5.41) is 2.27. The van der Waals surface area contributed by atoms with Crippen LogP contribution in [0.25, 0.3) is 0 Å². The summed E-state index contributed by atoms with van der Waals surface area (Å²) >= 11 is 5.34. The van der Waals surface area contributed by atoms with Gasteiger partial charge in [-0.05, 0) is 19.8 Å². The van der Waals surface area contributed by atoms with Gasteiger partial charge in [-0.1, -0.05) is 20.3 Å². The molecule has 0 radical (unpaired) electrons. The number of hydrogen-bond donors (Lipinski definition) is 1. The molecule has 0 saturated carbocycles. The molecule has 0 rings (SSSR count). The third-order valence-electron chi connectivity index (χ3n) is 2.50. The van der Waals surface area contributed by atoms with E-state index in [1.165, 1.54) is 0 Å². The predicted molar refractivity (Wildman–Crippen MR) is 65.6 cm³/mol. The topological polar surface area (TPSA) is 49.4 Å². The molecular weight excluding hydrogens is 228 g/mol. The van der Waals surface area contributed by atoms with Crippen molar-refractivity contribution in [3.05, 3.63) is 0 Å². The maximum absolute atomic E-state index is 11.8. The Kier molecular flexibility index (Phi) is 7.99. The van der Waals surface area contributed by atoms with Crippen LogP contribution in [-0.2, 0) is 4.79 Å². The Morgan fingerprint density at radius 2 is 2.00 bits per heavy atom. The summed E-state index contributed by atoms with van der Waals surface area (Å²) in [6.45, 7) is 6.73. The van der Waals surface area contributed by atoms with Crippen LogP contribution in [0, 0.1) is 0 Å². The van der Waals surface area contributed by atoms with E-state index in [4.69, 9.17) is 11.6 Å². The van der Waals surface area contributed by atoms with E-state index in [2.05, 4.69) is 12.2 Å². The lowest BCUT2D eigenvalue weighted by Crippen LogP contribution is -2.47. The van der Waals surface area contributed by atoms with Gasteiger partial charge in [-0.2, -0.15) is 0 Å². The molecule has 0 aliphatic carbocycles. The fourth-order valence-corrected chi connectivity index (χ4v) is 1.36. The molecule has 0 fully saturated rings. The van der Waals surface area contributed by atoms with E-state index >= 15 is 0 Å². The maximum Gasteiger partial charge on any atom is 0.324 e. The van der Waals surface area contributed by atoms with Crippen molar-refractivity contribution in [2.45, 2.75) is 46.1 Å². The first-order chi connectivity index (χ1) is 7.56. The first kappa shape index (κ1) is 15.2. The van der Waals surface area contributed by atoms with Crippen LogP contribution in [0.3, 0.4) is 0 Å². The number of hydrogen-bond acceptors (Lipinski definition) is 2. The summed E-state index contributed by atoms with van der Waals surface area (Å²) in [5.74, 6) is -0.634. The van der Waals surface area contributed by atoms with Crippen LogP contribution in [0.4, 0.5) is 4.79 Å². The smallest absolute Gasteiger partial charge is 0.322 e. The Balaban J connectivity index is 4.37. The molecule has 0 spiro atoms. The van der Waals surface area contributed by atoms with E-state index in [0.29, 0.717) is 6.54 Å². The van der Waals surface area contributed by atoms with Crippen LogP contribution in [-0.4, -0.2) is 35.3 Å². The molecule has 3 amide bonds. The van der Waals surface area contributed by atoms with Crippen molar-refractivity contribution >= 4 is 23.5 Å². The Hall–Kier alpha value is -0.770. The van der Waals surface area contributed by atoms with Gasteiger partial charge in [0.25, 0.3) is 0 Å². The molecule has 0 aromatic carbocycles. The van der Waals surface area contributed by atoms with E-state index in [0.717, 1.165) is 19.3 Å². The fraction of sp³-hybridized carbons (Fsp3) is 0.818. The van der Waals surface area contributed by atoms with Gasteiger partial charge in [-0.3, -0.25) is 10.1 Å². The number of unbranched alkanes of at least 4 members (excludes halogenated alkanes) is 1. The number of rotatable bonds is 6. The zero-order valence-electron chi connectivity index (χ0n) is 10.3. The zero-order chi connectivity index (χ0) is 12.6. The van der Waals surface area contributed by atoms with Crippen LogP contribution < -0.4 is 5.32 Å². The number of carbonyl (C=O) groups is 2. The molecule has 4 nitrogen and oxygen atoms in total. The van der Waals surface area contributed by atoms with Gasteiger partial charge in [-0.25, -0.2) is 4.79 Å². The van der Waals surface area contributed by atoms with E-state index in [9.17, 15) is 9.59 Å². The van der Waals surface area contributed by atoms with Crippen molar-refractivity contribution in [3.8, 4) is 0 Å². The highest BCUT2D eigenvalue weighted by molar-refractivity contribution is 6.28. The molecule has 0 aromatic rings. The van der Waals surface area contributed by atoms with Crippen LogP contribution in [0.1, 0.15) is 40.0 Å². The van der Waals surface area contributed by atoms with Crippen molar-refractivity contribution in [1.82, 2.24) is 10.2 Å². The van der Waals surface area contributed by atoms with Crippen molar-refractivity contribution in [2.75, 3.05) is 12.4 Å². The maximum atomic E-state index is 11.8. The van der Waals surface area contributed by atoms with Gasteiger partial charge in [0.1, 0.15) is 5.88 Å². The molecule has 1 unspecified atom stereocenters. The third kappa shape index (κ3) is 5.35. The average molecular weight is 249 g/mol. The normalized spacial score (nSPS) is 12.0. The lowest BCUT2D eigenvalue weighted by molar-refractivity contribution is -0.117. The van der Waals surface area contributed by atoms with Crippen molar-refractivity contribution in [1.29, 1.82) is 0 Å². The first-order valence-electron chi connectivity index (χ1n) is 5.73. The van der Waals surface area contributed by atoms with Crippen LogP contribution >= 0.6 is 11.6 Å². The second kappa shape index (κ2) is 8.39. The van der Waals surface area contributed by atoms with Gasteiger partial charge in [0.2, 0.25) is 5.91 Å². The van der Waals surface area contributed by atoms with Crippen molar-refractivity contribution in [3.63, 3.8) is 0 Å². The quantitative estimate of drug-likeness (QED) is 0.734. The Morgan fingerprint density at radius 1 is 1.38 bits per heavy atom. The van der Waals surface area contributed by atoms with Gasteiger partial charge in [0, 0.05) is 12.6 Å². The Bertz CT molecular complexity index is 234. The monoisotopic (exact) mass is 248 g/mol. The first-order valence-corrected chi connectivity index (χ1v) is 6.26. The number of nitrogens with zero attached hydrogens (tertiary/aromatic N) is 1. The number of carbonyl (C=O) groups excluding carboxylic acids is 2. The summed E-state index contributed by atoms with van der Waals surface area (Å²) in [6, 6.07) is -0.205. The van der Waals surface area contributed by atoms with Crippen LogP contribution in [0.5, 0.6) is 0 Å². The van der Waals surface area contributed by atoms with Crippen LogP contribution in [0.15, 0.2) is 0 Å². The molecule has 1 atom stereocenters. The van der Waals surface area contributed by atoms with Gasteiger partial charge >= 0.3 is 6.03 Å². The summed E-state index contributed by atoms with van der Waals surface area (Å²) in [7, 11) is 0. The highest BCUT2D eigenvalue weighted by Gasteiger charge is 2.19. The highest BCUT2D eigenvalue weighted by Crippen LogP contribution is 2.06. The predicted octanol–water partition coefficient (Wildman–Crippen LogP) is 2.36. The number of nitrogens with one attached hydrogen (secondary N) is 1. The number of alkyl halides is 1. The summed E-state index contributed by atoms with van der Waals surface area (Å²) in [4.78, 5) is 24.5. The molecule has 1 N–H and O–H groups in total. The minimum Gasteiger partial charge on any atom is -0.322 e. The van der Waals surface area contributed by atoms with E-state index in [1.54, 1.807) is 4.90 Å². The number of amides is 3. The number of imide groups is 1. The lowest BCUT2D eigenvalue weighted by atomic mass is 10.2. The molecular formula is C11H21ClN2O2. The molecule has 16 heavy (non-hydrogen) atoms. The van der Waals surface area contributed by atoms with Gasteiger partial charge in [0.05, 0.1) is 0 Å². The highest BCUT2D eigenvalue weighted by atomic mass is 35.5. The standard InChI is InChI=1S/C11H21ClN2O2/c1-4-6-7-14(9(3)5-2)11(16)13-10(15)8-12/h9H,4-8H2,1-3H3,(H,13,15,16). The zero-order valence-corrected chi connectivity index (χ0v) is 11.0. The summed E-state index contributed by atoms with van der Waals surface area (Å²) < 4.78 is 0. The Labute approximate surface area is 102 Å². The molecule has 0 bridgehead atoms. The third-order valence-corrected chi connectivity index (χ3v) is 2.75. The fourth-order valence-electron chi connectivity index (χ4n) is 1.30. The van der Waals surface area contributed by atoms with Crippen molar-refractivity contribution < 1.29 is 9.59 Å².